The summed E-state index contributed by atoms with van der Waals surface area (Å²) in [6.45, 7) is 0.780. The van der Waals surface area contributed by atoms with Crippen LogP contribution in [0.5, 0.6) is 0 Å². The Morgan fingerprint density at radius 2 is 1.91 bits per heavy atom. The number of fused-ring (bicyclic) bond motifs is 2. The molecule has 2 aromatic rings. The molecule has 8 nitrogen and oxygen atoms in total. The highest BCUT2D eigenvalue weighted by Crippen LogP contribution is 2.29. The van der Waals surface area contributed by atoms with Crippen molar-refractivity contribution in [3.63, 3.8) is 0 Å². The molecule has 170 valence electrons. The molecule has 0 spiro atoms. The Bertz CT molecular complexity index is 1110. The largest absolute Gasteiger partial charge is 0.385 e. The zero-order valence-corrected chi connectivity index (χ0v) is 18.4. The maximum Gasteiger partial charge on any atom is 0.260 e. The van der Waals surface area contributed by atoms with Gasteiger partial charge >= 0.3 is 0 Å². The van der Waals surface area contributed by atoms with Crippen LogP contribution in [0.1, 0.15) is 48.8 Å². The summed E-state index contributed by atoms with van der Waals surface area (Å²) in [6, 6.07) is 15.9. The predicted octanol–water partition coefficient (Wildman–Crippen LogP) is 2.84. The number of rotatable bonds is 6. The number of carbonyl (C=O) groups is 2. The van der Waals surface area contributed by atoms with Crippen molar-refractivity contribution in [3.05, 3.63) is 65.2 Å². The molecule has 1 saturated heterocycles. The van der Waals surface area contributed by atoms with Gasteiger partial charge in [0, 0.05) is 23.7 Å². The van der Waals surface area contributed by atoms with Crippen LogP contribution in [0.4, 0.5) is 5.69 Å². The number of guanidine groups is 1. The minimum Gasteiger partial charge on any atom is -0.385 e. The van der Waals surface area contributed by atoms with Crippen molar-refractivity contribution in [1.82, 2.24) is 15.5 Å². The molecule has 0 aromatic heterocycles. The van der Waals surface area contributed by atoms with E-state index in [2.05, 4.69) is 20.8 Å². The number of carbonyl (C=O) groups excluding carboxylic acids is 2. The summed E-state index contributed by atoms with van der Waals surface area (Å²) in [5.74, 6) is 0.411. The fraction of sp³-hybridized carbons (Fsp3) is 0.360. The first-order valence-electron chi connectivity index (χ1n) is 11.5. The number of nitrogens with zero attached hydrogens (tertiary/aromatic N) is 3. The van der Waals surface area contributed by atoms with E-state index in [0.717, 1.165) is 48.1 Å². The van der Waals surface area contributed by atoms with Crippen LogP contribution in [0.15, 0.2) is 58.7 Å². The Kier molecular flexibility index (Phi) is 6.06. The van der Waals surface area contributed by atoms with E-state index >= 15 is 0 Å². The van der Waals surface area contributed by atoms with Crippen molar-refractivity contribution in [2.24, 2.45) is 10.1 Å². The number of oxime groups is 1. The minimum atomic E-state index is -0.142. The first-order chi connectivity index (χ1) is 16.2. The Balaban J connectivity index is 1.34. The summed E-state index contributed by atoms with van der Waals surface area (Å²) in [4.78, 5) is 36.0. The van der Waals surface area contributed by atoms with Gasteiger partial charge in [-0.1, -0.05) is 60.8 Å². The van der Waals surface area contributed by atoms with E-state index in [4.69, 9.17) is 4.84 Å². The topological polar surface area (TPSA) is 95.4 Å². The van der Waals surface area contributed by atoms with E-state index in [1.54, 1.807) is 0 Å². The fourth-order valence-corrected chi connectivity index (χ4v) is 4.55. The van der Waals surface area contributed by atoms with E-state index in [0.29, 0.717) is 24.8 Å². The molecule has 1 saturated carbocycles. The summed E-state index contributed by atoms with van der Waals surface area (Å²) >= 11 is 0. The van der Waals surface area contributed by atoms with Crippen molar-refractivity contribution in [2.45, 2.75) is 44.7 Å². The van der Waals surface area contributed by atoms with Gasteiger partial charge < -0.3 is 15.1 Å². The van der Waals surface area contributed by atoms with E-state index in [-0.39, 0.29) is 24.5 Å². The maximum absolute atomic E-state index is 12.3. The summed E-state index contributed by atoms with van der Waals surface area (Å²) < 4.78 is 0. The van der Waals surface area contributed by atoms with Gasteiger partial charge in [-0.05, 0) is 30.5 Å². The van der Waals surface area contributed by atoms with E-state index < -0.39 is 0 Å². The highest BCUT2D eigenvalue weighted by atomic mass is 16.6. The molecule has 0 atom stereocenters. The van der Waals surface area contributed by atoms with Crippen LogP contribution in [0.25, 0.3) is 0 Å². The highest BCUT2D eigenvalue weighted by Gasteiger charge is 2.29. The Morgan fingerprint density at radius 3 is 2.73 bits per heavy atom. The number of nitrogens with one attached hydrogen (secondary N) is 2. The monoisotopic (exact) mass is 445 g/mol. The zero-order chi connectivity index (χ0) is 22.6. The normalized spacial score (nSPS) is 18.2. The van der Waals surface area contributed by atoms with Crippen molar-refractivity contribution in [3.8, 4) is 0 Å². The Hall–Kier alpha value is -3.68. The third-order valence-corrected chi connectivity index (χ3v) is 6.19. The van der Waals surface area contributed by atoms with Crippen LogP contribution < -0.4 is 10.6 Å². The van der Waals surface area contributed by atoms with Gasteiger partial charge in [0.05, 0.1) is 5.69 Å². The van der Waals surface area contributed by atoms with Gasteiger partial charge in [-0.2, -0.15) is 0 Å². The fourth-order valence-electron chi connectivity index (χ4n) is 4.55. The van der Waals surface area contributed by atoms with Crippen molar-refractivity contribution in [2.75, 3.05) is 13.2 Å². The van der Waals surface area contributed by atoms with Crippen LogP contribution in [0.2, 0.25) is 0 Å². The lowest BCUT2D eigenvalue weighted by Crippen LogP contribution is -2.38. The number of amides is 2. The van der Waals surface area contributed by atoms with Crippen LogP contribution in [-0.2, 0) is 21.0 Å². The highest BCUT2D eigenvalue weighted by molar-refractivity contribution is 6.13. The molecule has 2 fully saturated rings. The molecule has 5 rings (SSSR count). The van der Waals surface area contributed by atoms with E-state index in [1.807, 2.05) is 53.4 Å². The standard InChI is InChI=1S/C25H27N5O3/c31-22-15-30-14-19-13-18(11-12-21(19)27-25(30)28-22)24(17-7-3-1-4-8-17)29-33-16-23(32)26-20-9-5-2-6-10-20/h1,3-4,7-8,11-13,20H,2,5-6,9-10,14-16H2,(H,26,32)(H,27,28,31)/b29-24+. The van der Waals surface area contributed by atoms with Crippen molar-refractivity contribution < 1.29 is 14.4 Å². The number of hydrogen-bond donors (Lipinski definition) is 2. The molecular weight excluding hydrogens is 418 g/mol. The maximum atomic E-state index is 12.3. The van der Waals surface area contributed by atoms with Gasteiger partial charge in [0.1, 0.15) is 12.3 Å². The molecule has 2 amide bonds. The molecule has 0 radical (unpaired) electrons. The molecule has 2 aliphatic heterocycles. The second kappa shape index (κ2) is 9.44. The molecule has 1 aliphatic carbocycles. The summed E-state index contributed by atoms with van der Waals surface area (Å²) in [5.41, 5.74) is 4.24. The van der Waals surface area contributed by atoms with Crippen LogP contribution in [-0.4, -0.2) is 47.6 Å². The minimum absolute atomic E-state index is 0.0479. The third-order valence-electron chi connectivity index (χ3n) is 6.19. The lowest BCUT2D eigenvalue weighted by molar-refractivity contribution is -0.126. The molecule has 2 N–H and O–H groups in total. The van der Waals surface area contributed by atoms with Gasteiger partial charge in [-0.25, -0.2) is 4.99 Å². The number of hydrogen-bond acceptors (Lipinski definition) is 6. The lowest BCUT2D eigenvalue weighted by atomic mass is 9.95. The van der Waals surface area contributed by atoms with Gasteiger partial charge in [0.25, 0.3) is 5.91 Å². The molecule has 2 aromatic carbocycles. The van der Waals surface area contributed by atoms with Gasteiger partial charge in [0.2, 0.25) is 11.9 Å². The van der Waals surface area contributed by atoms with Crippen LogP contribution in [0.3, 0.4) is 0 Å². The molecule has 0 unspecified atom stereocenters. The summed E-state index contributed by atoms with van der Waals surface area (Å²) in [6.07, 6.45) is 5.62. The molecular formula is C25H27N5O3. The lowest BCUT2D eigenvalue weighted by Gasteiger charge is -2.23. The van der Waals surface area contributed by atoms with Gasteiger partial charge in [-0.15, -0.1) is 0 Å². The molecule has 33 heavy (non-hydrogen) atoms. The molecule has 2 heterocycles. The summed E-state index contributed by atoms with van der Waals surface area (Å²) in [7, 11) is 0. The Labute approximate surface area is 192 Å². The SMILES string of the molecule is O=C1CN2Cc3cc(/C(=N/OCC(=O)NC4CCCCC4)c4ccccc4)ccc3N=C2N1. The van der Waals surface area contributed by atoms with Crippen LogP contribution >= 0.6 is 0 Å². The second-order valence-electron chi connectivity index (χ2n) is 8.66. The summed E-state index contributed by atoms with van der Waals surface area (Å²) in [5, 5.41) is 10.2. The second-order valence-corrected chi connectivity index (χ2v) is 8.66. The van der Waals surface area contributed by atoms with Crippen LogP contribution in [0, 0.1) is 0 Å². The first-order valence-corrected chi connectivity index (χ1v) is 11.5. The van der Waals surface area contributed by atoms with E-state index in [9.17, 15) is 9.59 Å². The van der Waals surface area contributed by atoms with Gasteiger partial charge in [0.15, 0.2) is 6.61 Å². The average Bonchev–Trinajstić information content (AvgIpc) is 3.20. The smallest absolute Gasteiger partial charge is 0.260 e. The predicted molar refractivity (Wildman–Crippen MR) is 125 cm³/mol. The zero-order valence-electron chi connectivity index (χ0n) is 18.4. The molecule has 3 aliphatic rings. The first kappa shape index (κ1) is 21.2. The average molecular weight is 446 g/mol. The quantitative estimate of drug-likeness (QED) is 0.528. The van der Waals surface area contributed by atoms with E-state index in [1.165, 1.54) is 6.42 Å². The number of aliphatic imine (C=N–C) groups is 1. The third kappa shape index (κ3) is 4.89. The van der Waals surface area contributed by atoms with Crippen molar-refractivity contribution >= 4 is 29.2 Å². The molecule has 0 bridgehead atoms. The van der Waals surface area contributed by atoms with Crippen molar-refractivity contribution in [1.29, 1.82) is 0 Å². The Morgan fingerprint density at radius 1 is 1.09 bits per heavy atom. The molecule has 8 heteroatoms. The van der Waals surface area contributed by atoms with Gasteiger partial charge in [-0.3, -0.25) is 14.9 Å². The number of benzene rings is 2.